The molecule has 0 aliphatic carbocycles. The van der Waals surface area contributed by atoms with Crippen molar-refractivity contribution in [2.24, 2.45) is 5.92 Å². The highest BCUT2D eigenvalue weighted by Crippen LogP contribution is 2.18. The Labute approximate surface area is 174 Å². The number of hydrogen-bond acceptors (Lipinski definition) is 4. The van der Waals surface area contributed by atoms with Crippen LogP contribution >= 0.6 is 0 Å². The summed E-state index contributed by atoms with van der Waals surface area (Å²) >= 11 is 0. The van der Waals surface area contributed by atoms with Crippen LogP contribution in [0.15, 0.2) is 65.7 Å². The lowest BCUT2D eigenvalue weighted by Gasteiger charge is -2.23. The second-order valence-electron chi connectivity index (χ2n) is 7.71. The summed E-state index contributed by atoms with van der Waals surface area (Å²) in [5.41, 5.74) is 1.03. The van der Waals surface area contributed by atoms with Gasteiger partial charge in [-0.3, -0.25) is 14.2 Å². The molecule has 7 heteroatoms. The number of fused-ring (bicyclic) bond motifs is 1. The van der Waals surface area contributed by atoms with Crippen molar-refractivity contribution in [3.8, 4) is 0 Å². The minimum absolute atomic E-state index is 0.108. The molecule has 0 spiro atoms. The highest BCUT2D eigenvalue weighted by atomic mass is 16.4. The Balaban J connectivity index is 1.91. The maximum absolute atomic E-state index is 13.1. The van der Waals surface area contributed by atoms with Gasteiger partial charge in [0, 0.05) is 6.42 Å². The number of aliphatic carboxylic acids is 1. The zero-order chi connectivity index (χ0) is 21.7. The van der Waals surface area contributed by atoms with Crippen molar-refractivity contribution in [2.45, 2.75) is 38.8 Å². The first-order valence-corrected chi connectivity index (χ1v) is 9.89. The first-order chi connectivity index (χ1) is 14.4. The molecule has 2 atom stereocenters. The largest absolute Gasteiger partial charge is 0.480 e. The monoisotopic (exact) mass is 407 g/mol. The number of aromatic nitrogens is 2. The summed E-state index contributed by atoms with van der Waals surface area (Å²) in [7, 11) is 0. The molecule has 30 heavy (non-hydrogen) atoms. The number of nitrogens with zero attached hydrogens (tertiary/aromatic N) is 2. The molecule has 0 saturated carbocycles. The van der Waals surface area contributed by atoms with E-state index in [0.717, 1.165) is 5.56 Å². The van der Waals surface area contributed by atoms with Crippen molar-refractivity contribution in [2.75, 3.05) is 0 Å². The first kappa shape index (κ1) is 21.2. The van der Waals surface area contributed by atoms with Crippen molar-refractivity contribution in [1.82, 2.24) is 14.9 Å². The molecular formula is C23H25N3O4. The number of carboxylic acids is 1. The van der Waals surface area contributed by atoms with Crippen LogP contribution in [0.4, 0.5) is 0 Å². The maximum Gasteiger partial charge on any atom is 0.326 e. The minimum atomic E-state index is -1.13. The van der Waals surface area contributed by atoms with Gasteiger partial charge in [-0.05, 0) is 30.0 Å². The molecular weight excluding hydrogens is 382 g/mol. The van der Waals surface area contributed by atoms with Crippen molar-refractivity contribution in [3.05, 3.63) is 76.8 Å². The molecule has 0 fully saturated rings. The van der Waals surface area contributed by atoms with E-state index in [4.69, 9.17) is 0 Å². The Kier molecular flexibility index (Phi) is 6.61. The fourth-order valence-corrected chi connectivity index (χ4v) is 3.42. The predicted molar refractivity (Wildman–Crippen MR) is 114 cm³/mol. The molecule has 0 saturated heterocycles. The first-order valence-electron chi connectivity index (χ1n) is 9.89. The van der Waals surface area contributed by atoms with Crippen LogP contribution < -0.4 is 10.9 Å². The molecule has 1 aromatic heterocycles. The summed E-state index contributed by atoms with van der Waals surface area (Å²) in [6.07, 6.45) is 1.90. The third-order valence-corrected chi connectivity index (χ3v) is 4.92. The van der Waals surface area contributed by atoms with Gasteiger partial charge in [-0.15, -0.1) is 0 Å². The second kappa shape index (κ2) is 9.35. The summed E-state index contributed by atoms with van der Waals surface area (Å²) in [5.74, 6) is -1.53. The van der Waals surface area contributed by atoms with Crippen molar-refractivity contribution >= 4 is 22.8 Å². The highest BCUT2D eigenvalue weighted by molar-refractivity contribution is 5.86. The molecule has 3 aromatic rings. The molecule has 156 valence electrons. The van der Waals surface area contributed by atoms with E-state index in [1.54, 1.807) is 24.3 Å². The molecule has 2 N–H and O–H groups in total. The van der Waals surface area contributed by atoms with Gasteiger partial charge in [-0.1, -0.05) is 56.3 Å². The van der Waals surface area contributed by atoms with Gasteiger partial charge < -0.3 is 10.4 Å². The van der Waals surface area contributed by atoms with Gasteiger partial charge >= 0.3 is 5.97 Å². The lowest BCUT2D eigenvalue weighted by molar-refractivity contribution is -0.142. The molecule has 2 aromatic carbocycles. The number of nitrogens with one attached hydrogen (secondary N) is 1. The Morgan fingerprint density at radius 3 is 2.40 bits per heavy atom. The Morgan fingerprint density at radius 1 is 1.07 bits per heavy atom. The average Bonchev–Trinajstić information content (AvgIpc) is 2.73. The Morgan fingerprint density at radius 2 is 1.73 bits per heavy atom. The number of carboxylic acid groups (broad SMARTS) is 1. The molecule has 3 rings (SSSR count). The topological polar surface area (TPSA) is 101 Å². The van der Waals surface area contributed by atoms with Crippen LogP contribution in [0.1, 0.15) is 31.9 Å². The summed E-state index contributed by atoms with van der Waals surface area (Å²) < 4.78 is 1.30. The molecule has 0 aliphatic rings. The second-order valence-corrected chi connectivity index (χ2v) is 7.71. The quantitative estimate of drug-likeness (QED) is 0.598. The molecule has 0 radical (unpaired) electrons. The number of rotatable bonds is 8. The van der Waals surface area contributed by atoms with E-state index in [2.05, 4.69) is 10.3 Å². The minimum Gasteiger partial charge on any atom is -0.480 e. The van der Waals surface area contributed by atoms with Crippen LogP contribution in [0.3, 0.4) is 0 Å². The number of amides is 1. The smallest absolute Gasteiger partial charge is 0.326 e. The molecule has 1 amide bonds. The number of para-hydroxylation sites is 1. The fraction of sp³-hybridized carbons (Fsp3) is 0.304. The number of benzene rings is 2. The van der Waals surface area contributed by atoms with Crippen LogP contribution in [-0.2, 0) is 16.0 Å². The van der Waals surface area contributed by atoms with Crippen molar-refractivity contribution < 1.29 is 14.7 Å². The van der Waals surface area contributed by atoms with Gasteiger partial charge in [0.25, 0.3) is 5.56 Å². The number of carbonyl (C=O) groups is 2. The lowest BCUT2D eigenvalue weighted by Crippen LogP contribution is -2.47. The van der Waals surface area contributed by atoms with Crippen molar-refractivity contribution in [1.29, 1.82) is 0 Å². The van der Waals surface area contributed by atoms with Gasteiger partial charge in [0.2, 0.25) is 5.91 Å². The highest BCUT2D eigenvalue weighted by Gasteiger charge is 2.28. The van der Waals surface area contributed by atoms with Gasteiger partial charge in [-0.2, -0.15) is 0 Å². The van der Waals surface area contributed by atoms with E-state index in [1.165, 1.54) is 10.9 Å². The van der Waals surface area contributed by atoms with Gasteiger partial charge in [-0.25, -0.2) is 9.78 Å². The predicted octanol–water partition coefficient (Wildman–Crippen LogP) is 2.80. The van der Waals surface area contributed by atoms with Gasteiger partial charge in [0.1, 0.15) is 12.1 Å². The zero-order valence-corrected chi connectivity index (χ0v) is 17.0. The van der Waals surface area contributed by atoms with Crippen LogP contribution in [0.2, 0.25) is 0 Å². The van der Waals surface area contributed by atoms with Gasteiger partial charge in [0.15, 0.2) is 0 Å². The normalized spacial score (nSPS) is 13.2. The molecule has 2 unspecified atom stereocenters. The maximum atomic E-state index is 13.1. The summed E-state index contributed by atoms with van der Waals surface area (Å²) in [5, 5.41) is 12.7. The lowest BCUT2D eigenvalue weighted by atomic mass is 10.0. The molecule has 0 bridgehead atoms. The fourth-order valence-electron chi connectivity index (χ4n) is 3.42. The number of carbonyl (C=O) groups excluding carboxylic acids is 1. The Bertz CT molecular complexity index is 1090. The standard InChI is InChI=1S/C23H25N3O4/c1-15(2)12-20(26-14-24-18-11-7-6-10-17(18)22(26)28)21(27)25-19(23(29)30)13-16-8-4-3-5-9-16/h3-11,14-15,19-20H,12-13H2,1-2H3,(H,25,27)(H,29,30). The van der Waals surface area contributed by atoms with E-state index >= 15 is 0 Å². The van der Waals surface area contributed by atoms with Crippen LogP contribution in [-0.4, -0.2) is 32.6 Å². The third-order valence-electron chi connectivity index (χ3n) is 4.92. The van der Waals surface area contributed by atoms with E-state index in [-0.39, 0.29) is 17.9 Å². The summed E-state index contributed by atoms with van der Waals surface area (Å²) in [4.78, 5) is 42.2. The van der Waals surface area contributed by atoms with E-state index in [9.17, 15) is 19.5 Å². The zero-order valence-electron chi connectivity index (χ0n) is 17.0. The third kappa shape index (κ3) is 4.92. The van der Waals surface area contributed by atoms with Crippen LogP contribution in [0, 0.1) is 5.92 Å². The molecule has 7 nitrogen and oxygen atoms in total. The van der Waals surface area contributed by atoms with E-state index in [0.29, 0.717) is 17.3 Å². The van der Waals surface area contributed by atoms with Gasteiger partial charge in [0.05, 0.1) is 17.2 Å². The molecule has 0 aliphatic heterocycles. The van der Waals surface area contributed by atoms with Crippen molar-refractivity contribution in [3.63, 3.8) is 0 Å². The van der Waals surface area contributed by atoms with Crippen LogP contribution in [0.25, 0.3) is 10.9 Å². The Hall–Kier alpha value is -3.48. The SMILES string of the molecule is CC(C)CC(C(=O)NC(Cc1ccccc1)C(=O)O)n1cnc2ccccc2c1=O. The average molecular weight is 407 g/mol. The summed E-state index contributed by atoms with van der Waals surface area (Å²) in [6, 6.07) is 14.1. The molecule has 1 heterocycles. The summed E-state index contributed by atoms with van der Waals surface area (Å²) in [6.45, 7) is 3.89. The van der Waals surface area contributed by atoms with Crippen LogP contribution in [0.5, 0.6) is 0 Å². The van der Waals surface area contributed by atoms with E-state index in [1.807, 2.05) is 44.2 Å². The van der Waals surface area contributed by atoms with E-state index < -0.39 is 24.0 Å². The number of hydrogen-bond donors (Lipinski definition) is 2.